The van der Waals surface area contributed by atoms with Crippen molar-refractivity contribution in [2.75, 3.05) is 31.0 Å². The fourth-order valence-electron chi connectivity index (χ4n) is 3.00. The van der Waals surface area contributed by atoms with Gasteiger partial charge in [-0.25, -0.2) is 13.8 Å². The number of nitrogens with one attached hydrogen (secondary N) is 1. The maximum atomic E-state index is 13.3. The first-order chi connectivity index (χ1) is 14.3. The first-order valence-corrected chi connectivity index (χ1v) is 11.5. The summed E-state index contributed by atoms with van der Waals surface area (Å²) >= 11 is 12.2. The van der Waals surface area contributed by atoms with Crippen LogP contribution in [0.5, 0.6) is 0 Å². The second-order valence-corrected chi connectivity index (χ2v) is 9.64. The number of halogens is 2. The summed E-state index contributed by atoms with van der Waals surface area (Å²) in [5.41, 5.74) is 3.51. The quantitative estimate of drug-likeness (QED) is 0.658. The summed E-state index contributed by atoms with van der Waals surface area (Å²) in [5, 5.41) is 4.65. The highest BCUT2D eigenvalue weighted by Gasteiger charge is 2.28. The molecule has 10 heteroatoms. The highest BCUT2D eigenvalue weighted by Crippen LogP contribution is 2.32. The van der Waals surface area contributed by atoms with Gasteiger partial charge < -0.3 is 4.90 Å². The average Bonchev–Trinajstić information content (AvgIpc) is 2.73. The molecule has 0 aromatic heterocycles. The second-order valence-electron chi connectivity index (χ2n) is 6.94. The number of sulfonamides is 1. The number of anilines is 1. The van der Waals surface area contributed by atoms with Gasteiger partial charge in [0.15, 0.2) is 0 Å². The standard InChI is InChI=1S/C20H22Cl2N4O3S/c1-25-11-9-16(10-12-25)23-24-20(27)14-26(19-8-7-15(21)13-18(19)22)30(28,29)17-5-3-2-4-6-17/h2-8,13H,9-12,14H2,1H3,(H,24,27). The Morgan fingerprint density at radius 2 is 1.80 bits per heavy atom. The van der Waals surface area contributed by atoms with Crippen molar-refractivity contribution in [2.24, 2.45) is 5.10 Å². The van der Waals surface area contributed by atoms with Crippen LogP contribution in [-0.4, -0.2) is 51.6 Å². The Morgan fingerprint density at radius 1 is 1.13 bits per heavy atom. The van der Waals surface area contributed by atoms with Crippen molar-refractivity contribution in [1.82, 2.24) is 10.3 Å². The molecule has 1 heterocycles. The largest absolute Gasteiger partial charge is 0.306 e. The molecule has 2 aromatic carbocycles. The van der Waals surface area contributed by atoms with E-state index in [4.69, 9.17) is 23.2 Å². The van der Waals surface area contributed by atoms with Crippen LogP contribution in [0.15, 0.2) is 58.5 Å². The molecule has 160 valence electrons. The van der Waals surface area contributed by atoms with E-state index in [1.807, 2.05) is 7.05 Å². The highest BCUT2D eigenvalue weighted by molar-refractivity contribution is 7.92. The highest BCUT2D eigenvalue weighted by atomic mass is 35.5. The summed E-state index contributed by atoms with van der Waals surface area (Å²) in [5.74, 6) is -0.563. The summed E-state index contributed by atoms with van der Waals surface area (Å²) in [6.45, 7) is 1.25. The first kappa shape index (κ1) is 22.6. The number of hydrogen-bond donors (Lipinski definition) is 1. The van der Waals surface area contributed by atoms with E-state index in [1.165, 1.54) is 30.3 Å². The van der Waals surface area contributed by atoms with Gasteiger partial charge in [-0.15, -0.1) is 0 Å². The molecule has 30 heavy (non-hydrogen) atoms. The third kappa shape index (κ3) is 5.51. The Labute approximate surface area is 186 Å². The number of likely N-dealkylation sites (tertiary alicyclic amines) is 1. The van der Waals surface area contributed by atoms with E-state index in [-0.39, 0.29) is 15.6 Å². The van der Waals surface area contributed by atoms with Crippen LogP contribution in [0, 0.1) is 0 Å². The topological polar surface area (TPSA) is 82.1 Å². The van der Waals surface area contributed by atoms with Crippen LogP contribution in [0.25, 0.3) is 0 Å². The van der Waals surface area contributed by atoms with Crippen LogP contribution < -0.4 is 9.73 Å². The minimum atomic E-state index is -4.05. The van der Waals surface area contributed by atoms with E-state index in [2.05, 4.69) is 15.4 Å². The van der Waals surface area contributed by atoms with Crippen LogP contribution in [-0.2, 0) is 14.8 Å². The summed E-state index contributed by atoms with van der Waals surface area (Å²) in [7, 11) is -2.02. The predicted molar refractivity (Wildman–Crippen MR) is 120 cm³/mol. The monoisotopic (exact) mass is 468 g/mol. The molecule has 0 atom stereocenters. The molecular weight excluding hydrogens is 447 g/mol. The molecule has 0 spiro atoms. The first-order valence-electron chi connectivity index (χ1n) is 9.33. The van der Waals surface area contributed by atoms with Gasteiger partial charge in [0.05, 0.1) is 15.6 Å². The van der Waals surface area contributed by atoms with Gasteiger partial charge in [-0.2, -0.15) is 5.10 Å². The van der Waals surface area contributed by atoms with Crippen molar-refractivity contribution in [1.29, 1.82) is 0 Å². The average molecular weight is 469 g/mol. The molecule has 0 bridgehead atoms. The van der Waals surface area contributed by atoms with Crippen molar-refractivity contribution in [3.05, 3.63) is 58.6 Å². The van der Waals surface area contributed by atoms with Crippen LogP contribution in [0.4, 0.5) is 5.69 Å². The maximum Gasteiger partial charge on any atom is 0.264 e. The number of hydrogen-bond acceptors (Lipinski definition) is 5. The second kappa shape index (κ2) is 9.78. The molecule has 2 aromatic rings. The van der Waals surface area contributed by atoms with E-state index in [9.17, 15) is 13.2 Å². The van der Waals surface area contributed by atoms with Gasteiger partial charge in [0, 0.05) is 36.7 Å². The Morgan fingerprint density at radius 3 is 2.43 bits per heavy atom. The zero-order chi connectivity index (χ0) is 21.7. The Kier molecular flexibility index (Phi) is 7.36. The van der Waals surface area contributed by atoms with Gasteiger partial charge in [-0.1, -0.05) is 41.4 Å². The summed E-state index contributed by atoms with van der Waals surface area (Å²) in [6.07, 6.45) is 1.51. The van der Waals surface area contributed by atoms with E-state index >= 15 is 0 Å². The number of benzene rings is 2. The fourth-order valence-corrected chi connectivity index (χ4v) is 5.02. The SMILES string of the molecule is CN1CCC(=NNC(=O)CN(c2ccc(Cl)cc2Cl)S(=O)(=O)c2ccccc2)CC1. The zero-order valence-electron chi connectivity index (χ0n) is 16.4. The Bertz CT molecular complexity index is 1040. The van der Waals surface area contributed by atoms with Gasteiger partial charge in [-0.05, 0) is 37.4 Å². The molecule has 1 aliphatic rings. The molecule has 0 aliphatic carbocycles. The predicted octanol–water partition coefficient (Wildman–Crippen LogP) is 3.39. The summed E-state index contributed by atoms with van der Waals surface area (Å²) < 4.78 is 27.5. The van der Waals surface area contributed by atoms with Gasteiger partial charge in [0.2, 0.25) is 0 Å². The van der Waals surface area contributed by atoms with Gasteiger partial charge >= 0.3 is 0 Å². The summed E-state index contributed by atoms with van der Waals surface area (Å²) in [6, 6.07) is 12.3. The number of carbonyl (C=O) groups is 1. The number of carbonyl (C=O) groups excluding carboxylic acids is 1. The maximum absolute atomic E-state index is 13.3. The lowest BCUT2D eigenvalue weighted by Crippen LogP contribution is -2.40. The molecule has 0 unspecified atom stereocenters. The molecule has 0 saturated carbocycles. The zero-order valence-corrected chi connectivity index (χ0v) is 18.7. The number of piperidine rings is 1. The minimum Gasteiger partial charge on any atom is -0.306 e. The van der Waals surface area contributed by atoms with E-state index in [0.717, 1.165) is 35.9 Å². The van der Waals surface area contributed by atoms with Crippen LogP contribution in [0.3, 0.4) is 0 Å². The Balaban J connectivity index is 1.86. The lowest BCUT2D eigenvalue weighted by molar-refractivity contribution is -0.119. The molecule has 1 saturated heterocycles. The van der Waals surface area contributed by atoms with E-state index in [1.54, 1.807) is 18.2 Å². The van der Waals surface area contributed by atoms with Gasteiger partial charge in [-0.3, -0.25) is 9.10 Å². The van der Waals surface area contributed by atoms with Crippen molar-refractivity contribution in [3.63, 3.8) is 0 Å². The molecular formula is C20H22Cl2N4O3S. The lowest BCUT2D eigenvalue weighted by Gasteiger charge is -2.25. The van der Waals surface area contributed by atoms with Crippen LogP contribution in [0.1, 0.15) is 12.8 Å². The molecule has 1 N–H and O–H groups in total. The van der Waals surface area contributed by atoms with Gasteiger partial charge in [0.25, 0.3) is 15.9 Å². The Hall–Kier alpha value is -2.13. The fraction of sp³-hybridized carbons (Fsp3) is 0.300. The van der Waals surface area contributed by atoms with E-state index in [0.29, 0.717) is 5.02 Å². The molecule has 7 nitrogen and oxygen atoms in total. The molecule has 0 radical (unpaired) electrons. The number of nitrogens with zero attached hydrogens (tertiary/aromatic N) is 3. The molecule has 3 rings (SSSR count). The smallest absolute Gasteiger partial charge is 0.264 e. The van der Waals surface area contributed by atoms with Crippen molar-refractivity contribution in [2.45, 2.75) is 17.7 Å². The minimum absolute atomic E-state index is 0.0467. The normalized spacial score (nSPS) is 15.0. The molecule has 1 amide bonds. The van der Waals surface area contributed by atoms with Gasteiger partial charge in [0.1, 0.15) is 6.54 Å². The molecule has 1 fully saturated rings. The number of hydrazone groups is 1. The van der Waals surface area contributed by atoms with Crippen molar-refractivity contribution >= 4 is 50.5 Å². The van der Waals surface area contributed by atoms with Crippen molar-refractivity contribution in [3.8, 4) is 0 Å². The van der Waals surface area contributed by atoms with E-state index < -0.39 is 22.5 Å². The summed E-state index contributed by atoms with van der Waals surface area (Å²) in [4.78, 5) is 14.8. The van der Waals surface area contributed by atoms with Crippen LogP contribution in [0.2, 0.25) is 10.0 Å². The third-order valence-electron chi connectivity index (χ3n) is 4.70. The lowest BCUT2D eigenvalue weighted by atomic mass is 10.1. The van der Waals surface area contributed by atoms with Crippen molar-refractivity contribution < 1.29 is 13.2 Å². The number of rotatable bonds is 6. The molecule has 1 aliphatic heterocycles. The third-order valence-corrected chi connectivity index (χ3v) is 7.01. The van der Waals surface area contributed by atoms with Crippen LogP contribution >= 0.6 is 23.2 Å². The number of amides is 1.